The minimum atomic E-state index is -0.710. The van der Waals surface area contributed by atoms with Crippen LogP contribution in [0.4, 0.5) is 0 Å². The van der Waals surface area contributed by atoms with Gasteiger partial charge in [0, 0.05) is 6.54 Å². The van der Waals surface area contributed by atoms with Crippen molar-refractivity contribution in [3.05, 3.63) is 0 Å². The number of nitrogens with one attached hydrogen (secondary N) is 1. The van der Waals surface area contributed by atoms with Gasteiger partial charge in [0.15, 0.2) is 0 Å². The van der Waals surface area contributed by atoms with E-state index in [1.807, 2.05) is 0 Å². The maximum absolute atomic E-state index is 12.1. The van der Waals surface area contributed by atoms with Crippen molar-refractivity contribution in [2.45, 2.75) is 57.8 Å². The molecule has 2 aliphatic carbocycles. The van der Waals surface area contributed by atoms with E-state index < -0.39 is 5.41 Å². The van der Waals surface area contributed by atoms with Crippen LogP contribution in [0.15, 0.2) is 0 Å². The molecule has 3 nitrogen and oxygen atoms in total. The third kappa shape index (κ3) is 2.80. The molecule has 3 heteroatoms. The lowest BCUT2D eigenvalue weighted by Crippen LogP contribution is -2.42. The number of nitrogens with zero attached hydrogens (tertiary/aromatic N) is 1. The van der Waals surface area contributed by atoms with Gasteiger partial charge >= 0.3 is 0 Å². The third-order valence-electron chi connectivity index (χ3n) is 4.42. The van der Waals surface area contributed by atoms with Crippen molar-refractivity contribution in [3.63, 3.8) is 0 Å². The standard InChI is InChI=1S/C14H22N2O/c15-11-14(8-2-1-3-9-14)13(17)16-10-7-12-5-4-6-12/h12H,1-10H2,(H,16,17). The zero-order valence-corrected chi connectivity index (χ0v) is 10.5. The van der Waals surface area contributed by atoms with Gasteiger partial charge in [-0.15, -0.1) is 0 Å². The Balaban J connectivity index is 1.78. The minimum Gasteiger partial charge on any atom is -0.355 e. The van der Waals surface area contributed by atoms with Gasteiger partial charge in [-0.2, -0.15) is 5.26 Å². The van der Waals surface area contributed by atoms with Crippen LogP contribution in [0.25, 0.3) is 0 Å². The molecule has 0 bridgehead atoms. The molecule has 0 heterocycles. The van der Waals surface area contributed by atoms with Crippen molar-refractivity contribution in [2.24, 2.45) is 11.3 Å². The first-order chi connectivity index (χ1) is 8.27. The maximum atomic E-state index is 12.1. The number of carbonyl (C=O) groups excluding carboxylic acids is 1. The van der Waals surface area contributed by atoms with E-state index in [-0.39, 0.29) is 5.91 Å². The van der Waals surface area contributed by atoms with Crippen molar-refractivity contribution in [1.82, 2.24) is 5.32 Å². The Labute approximate surface area is 104 Å². The van der Waals surface area contributed by atoms with Crippen LogP contribution in [0.3, 0.4) is 0 Å². The molecule has 17 heavy (non-hydrogen) atoms. The van der Waals surface area contributed by atoms with Gasteiger partial charge in [-0.3, -0.25) is 4.79 Å². The zero-order valence-electron chi connectivity index (χ0n) is 10.5. The monoisotopic (exact) mass is 234 g/mol. The molecule has 94 valence electrons. The molecule has 0 spiro atoms. The summed E-state index contributed by atoms with van der Waals surface area (Å²) in [5.41, 5.74) is -0.710. The van der Waals surface area contributed by atoms with Crippen molar-refractivity contribution in [3.8, 4) is 6.07 Å². The van der Waals surface area contributed by atoms with Gasteiger partial charge in [-0.1, -0.05) is 38.5 Å². The van der Waals surface area contributed by atoms with Crippen molar-refractivity contribution < 1.29 is 4.79 Å². The molecule has 1 N–H and O–H groups in total. The van der Waals surface area contributed by atoms with E-state index in [0.717, 1.165) is 44.6 Å². The Morgan fingerprint density at radius 2 is 1.94 bits per heavy atom. The quantitative estimate of drug-likeness (QED) is 0.813. The molecule has 0 atom stereocenters. The molecule has 2 rings (SSSR count). The minimum absolute atomic E-state index is 0.0148. The predicted molar refractivity (Wildman–Crippen MR) is 66.1 cm³/mol. The van der Waals surface area contributed by atoms with Crippen LogP contribution in [-0.2, 0) is 4.79 Å². The van der Waals surface area contributed by atoms with Crippen LogP contribution in [0.5, 0.6) is 0 Å². The van der Waals surface area contributed by atoms with Gasteiger partial charge < -0.3 is 5.32 Å². The number of hydrogen-bond donors (Lipinski definition) is 1. The van der Waals surface area contributed by atoms with Crippen LogP contribution in [0.1, 0.15) is 57.8 Å². The summed E-state index contributed by atoms with van der Waals surface area (Å²) in [7, 11) is 0. The van der Waals surface area contributed by atoms with E-state index in [1.54, 1.807) is 0 Å². The summed E-state index contributed by atoms with van der Waals surface area (Å²) in [5.74, 6) is 0.804. The second-order valence-electron chi connectivity index (χ2n) is 5.60. The highest BCUT2D eigenvalue weighted by molar-refractivity contribution is 5.85. The fourth-order valence-corrected chi connectivity index (χ4v) is 2.89. The zero-order chi connectivity index (χ0) is 12.1. The normalized spacial score (nSPS) is 23.5. The molecule has 2 saturated carbocycles. The number of rotatable bonds is 4. The van der Waals surface area contributed by atoms with Gasteiger partial charge in [-0.25, -0.2) is 0 Å². The predicted octanol–water partition coefficient (Wildman–Crippen LogP) is 2.77. The first-order valence-corrected chi connectivity index (χ1v) is 6.96. The molecule has 1 amide bonds. The van der Waals surface area contributed by atoms with Gasteiger partial charge in [0.05, 0.1) is 6.07 Å². The van der Waals surface area contributed by atoms with E-state index in [4.69, 9.17) is 0 Å². The van der Waals surface area contributed by atoms with Crippen LogP contribution in [0, 0.1) is 22.7 Å². The molecular formula is C14H22N2O. The van der Waals surface area contributed by atoms with Gasteiger partial charge in [-0.05, 0) is 25.2 Å². The van der Waals surface area contributed by atoms with Crippen molar-refractivity contribution >= 4 is 5.91 Å². The Kier molecular flexibility index (Phi) is 4.04. The molecule has 0 aromatic rings. The summed E-state index contributed by atoms with van der Waals surface area (Å²) in [4.78, 5) is 12.1. The molecular weight excluding hydrogens is 212 g/mol. The highest BCUT2D eigenvalue weighted by Crippen LogP contribution is 2.36. The fourth-order valence-electron chi connectivity index (χ4n) is 2.89. The molecule has 0 unspecified atom stereocenters. The Hall–Kier alpha value is -1.04. The van der Waals surface area contributed by atoms with Crippen LogP contribution in [-0.4, -0.2) is 12.5 Å². The Bertz CT molecular complexity index is 309. The van der Waals surface area contributed by atoms with Gasteiger partial charge in [0.2, 0.25) is 5.91 Å². The summed E-state index contributed by atoms with van der Waals surface area (Å²) in [6, 6.07) is 2.27. The van der Waals surface area contributed by atoms with Crippen molar-refractivity contribution in [2.75, 3.05) is 6.54 Å². The molecule has 0 aromatic carbocycles. The maximum Gasteiger partial charge on any atom is 0.240 e. The summed E-state index contributed by atoms with van der Waals surface area (Å²) in [6.45, 7) is 0.757. The van der Waals surface area contributed by atoms with E-state index >= 15 is 0 Å². The molecule has 2 fully saturated rings. The smallest absolute Gasteiger partial charge is 0.240 e. The largest absolute Gasteiger partial charge is 0.355 e. The third-order valence-corrected chi connectivity index (χ3v) is 4.42. The average molecular weight is 234 g/mol. The number of amides is 1. The summed E-state index contributed by atoms with van der Waals surface area (Å²) >= 11 is 0. The van der Waals surface area contributed by atoms with E-state index in [9.17, 15) is 10.1 Å². The summed E-state index contributed by atoms with van der Waals surface area (Å²) in [6.07, 6.45) is 9.77. The summed E-state index contributed by atoms with van der Waals surface area (Å²) in [5, 5.41) is 12.2. The first-order valence-electron chi connectivity index (χ1n) is 6.96. The lowest BCUT2D eigenvalue weighted by molar-refractivity contribution is -0.129. The number of nitriles is 1. The average Bonchev–Trinajstić information content (AvgIpc) is 2.33. The first kappa shape index (κ1) is 12.4. The molecule has 2 aliphatic rings. The van der Waals surface area contributed by atoms with E-state index in [0.29, 0.717) is 0 Å². The van der Waals surface area contributed by atoms with Gasteiger partial charge in [0.25, 0.3) is 0 Å². The summed E-state index contributed by atoms with van der Waals surface area (Å²) < 4.78 is 0. The van der Waals surface area contributed by atoms with Crippen molar-refractivity contribution in [1.29, 1.82) is 5.26 Å². The molecule has 0 radical (unpaired) electrons. The van der Waals surface area contributed by atoms with Crippen LogP contribution in [0.2, 0.25) is 0 Å². The Morgan fingerprint density at radius 3 is 2.47 bits per heavy atom. The fraction of sp³-hybridized carbons (Fsp3) is 0.857. The lowest BCUT2D eigenvalue weighted by Gasteiger charge is -2.30. The lowest BCUT2D eigenvalue weighted by atomic mass is 9.74. The van der Waals surface area contributed by atoms with E-state index in [2.05, 4.69) is 11.4 Å². The second kappa shape index (κ2) is 5.53. The highest BCUT2D eigenvalue weighted by atomic mass is 16.2. The molecule has 0 aliphatic heterocycles. The highest BCUT2D eigenvalue weighted by Gasteiger charge is 2.39. The van der Waals surface area contributed by atoms with Gasteiger partial charge in [0.1, 0.15) is 5.41 Å². The van der Waals surface area contributed by atoms with Crippen LogP contribution >= 0.6 is 0 Å². The number of hydrogen-bond acceptors (Lipinski definition) is 2. The number of carbonyl (C=O) groups is 1. The van der Waals surface area contributed by atoms with E-state index in [1.165, 1.54) is 25.7 Å². The topological polar surface area (TPSA) is 52.9 Å². The second-order valence-corrected chi connectivity index (χ2v) is 5.60. The SMILES string of the molecule is N#CC1(C(=O)NCCC2CCC2)CCCCC1. The molecule has 0 aromatic heterocycles. The van der Waals surface area contributed by atoms with Crippen LogP contribution < -0.4 is 5.32 Å². The Morgan fingerprint density at radius 1 is 1.24 bits per heavy atom. The molecule has 0 saturated heterocycles.